The summed E-state index contributed by atoms with van der Waals surface area (Å²) in [6.07, 6.45) is -1.69. The van der Waals surface area contributed by atoms with Gasteiger partial charge in [-0.05, 0) is 73.3 Å². The van der Waals surface area contributed by atoms with Crippen molar-refractivity contribution in [2.24, 2.45) is 5.41 Å². The second kappa shape index (κ2) is 19.2. The molecule has 0 amide bonds. The Balaban J connectivity index is 0.000000214. The van der Waals surface area contributed by atoms with E-state index < -0.39 is 44.3 Å². The molecule has 1 aliphatic rings. The van der Waals surface area contributed by atoms with Crippen LogP contribution in [0.3, 0.4) is 0 Å². The number of anilines is 2. The molecule has 19 heteroatoms. The Labute approximate surface area is 362 Å². The number of carboxylic acid groups (broad SMARTS) is 1. The van der Waals surface area contributed by atoms with Crippen molar-refractivity contribution in [1.29, 1.82) is 0 Å². The number of aromatic carboxylic acids is 1. The lowest BCUT2D eigenvalue weighted by Gasteiger charge is -2.12. The number of rotatable bonds is 12. The summed E-state index contributed by atoms with van der Waals surface area (Å²) in [5.41, 5.74) is 6.25. The lowest BCUT2D eigenvalue weighted by Crippen LogP contribution is -2.16. The van der Waals surface area contributed by atoms with Crippen molar-refractivity contribution < 1.29 is 51.3 Å². The number of aliphatic hydroxyl groups is 2. The minimum Gasteiger partial charge on any atom is -0.478 e. The van der Waals surface area contributed by atoms with Crippen molar-refractivity contribution in [2.45, 2.75) is 65.2 Å². The molecule has 334 valence electrons. The van der Waals surface area contributed by atoms with Crippen LogP contribution < -0.4 is 10.6 Å². The van der Waals surface area contributed by atoms with E-state index >= 15 is 0 Å². The predicted octanol–water partition coefficient (Wildman–Crippen LogP) is 7.90. The van der Waals surface area contributed by atoms with Gasteiger partial charge in [0, 0.05) is 48.6 Å². The van der Waals surface area contributed by atoms with E-state index in [1.165, 1.54) is 12.3 Å². The third-order valence-corrected chi connectivity index (χ3v) is 10.2. The van der Waals surface area contributed by atoms with Gasteiger partial charge in [-0.25, -0.2) is 24.7 Å². The Kier molecular flexibility index (Phi) is 14.0. The van der Waals surface area contributed by atoms with Crippen molar-refractivity contribution in [3.8, 4) is 46.2 Å². The normalized spacial score (nSPS) is 13.0. The minimum absolute atomic E-state index is 0.120. The number of carboxylic acids is 1. The summed E-state index contributed by atoms with van der Waals surface area (Å²) < 4.78 is 78.6. The van der Waals surface area contributed by atoms with E-state index in [2.05, 4.69) is 61.2 Å². The van der Waals surface area contributed by atoms with Crippen LogP contribution >= 0.6 is 0 Å². The zero-order chi connectivity index (χ0) is 46.4. The molecule has 1 fully saturated rings. The Morgan fingerprint density at radius 3 is 1.55 bits per heavy atom. The molecule has 1 saturated carbocycles. The fourth-order valence-electron chi connectivity index (χ4n) is 6.74. The standard InChI is InChI=1S/C25H25F3N4O2.C20H17F3N4O3/c1-16-12-17(5-6-19(16)21(34)13-24(2)7-8-24)20-14-30-23-22(29-10-9-25(26,27)28)31-18(4-3-11-33)15-32(20)23;1-12-9-13(4-5-15(12)19(29)30)16-10-25-18-17(24-7-6-20(21,22)23)26-14(3-2-8-28)11-27(16)18/h5-6,12,14-15,33H,7-11,13H2,1-2H3,(H,29,31);4-5,9-11,28H,6-8H2,1H3,(H,24,26)(H,29,30). The number of aliphatic hydroxyl groups excluding tert-OH is 2. The highest BCUT2D eigenvalue weighted by molar-refractivity contribution is 5.98. The van der Waals surface area contributed by atoms with Gasteiger partial charge in [-0.2, -0.15) is 26.3 Å². The molecular weight excluding hydrogens is 847 g/mol. The van der Waals surface area contributed by atoms with Crippen molar-refractivity contribution in [1.82, 2.24) is 28.7 Å². The molecule has 0 saturated heterocycles. The Hall–Kier alpha value is -6.96. The van der Waals surface area contributed by atoms with E-state index in [4.69, 9.17) is 10.2 Å². The topological polar surface area (TPSA) is 179 Å². The van der Waals surface area contributed by atoms with Gasteiger partial charge in [0.1, 0.15) is 24.6 Å². The van der Waals surface area contributed by atoms with Crippen molar-refractivity contribution in [3.05, 3.63) is 94.8 Å². The smallest absolute Gasteiger partial charge is 0.390 e. The highest BCUT2D eigenvalue weighted by Gasteiger charge is 2.39. The third-order valence-electron chi connectivity index (χ3n) is 10.2. The highest BCUT2D eigenvalue weighted by Crippen LogP contribution is 2.49. The second-order valence-corrected chi connectivity index (χ2v) is 15.4. The molecule has 0 unspecified atom stereocenters. The number of hydrogen-bond acceptors (Lipinski definition) is 10. The van der Waals surface area contributed by atoms with Gasteiger partial charge >= 0.3 is 18.3 Å². The van der Waals surface area contributed by atoms with Crippen LogP contribution in [0.4, 0.5) is 38.0 Å². The summed E-state index contributed by atoms with van der Waals surface area (Å²) in [5, 5.41) is 32.5. The molecule has 1 aliphatic carbocycles. The maximum Gasteiger partial charge on any atom is 0.390 e. The van der Waals surface area contributed by atoms with Crippen LogP contribution in [0.1, 0.15) is 82.3 Å². The third kappa shape index (κ3) is 11.7. The number of ketones is 1. The van der Waals surface area contributed by atoms with Crippen molar-refractivity contribution in [3.63, 3.8) is 0 Å². The fourth-order valence-corrected chi connectivity index (χ4v) is 6.74. The molecular formula is C45H42F6N8O5. The molecule has 4 heterocycles. The number of Topliss-reactive ketones (excluding diaryl/α,β-unsaturated/α-hetero) is 1. The van der Waals surface area contributed by atoms with E-state index in [9.17, 15) is 41.0 Å². The first-order valence-electron chi connectivity index (χ1n) is 19.8. The number of nitrogens with one attached hydrogen (secondary N) is 2. The van der Waals surface area contributed by atoms with Gasteiger partial charge in [-0.15, -0.1) is 0 Å². The summed E-state index contributed by atoms with van der Waals surface area (Å²) in [5.74, 6) is 9.67. The Bertz CT molecular complexity index is 2840. The highest BCUT2D eigenvalue weighted by atomic mass is 19.4. The average Bonchev–Trinajstić information content (AvgIpc) is 3.56. The second-order valence-electron chi connectivity index (χ2n) is 15.4. The number of nitrogens with zero attached hydrogens (tertiary/aromatic N) is 6. The number of carbonyl (C=O) groups excluding carboxylic acids is 1. The van der Waals surface area contributed by atoms with Crippen LogP contribution in [0.15, 0.2) is 61.2 Å². The number of imidazole rings is 2. The summed E-state index contributed by atoms with van der Waals surface area (Å²) >= 11 is 0. The Morgan fingerprint density at radius 2 is 1.17 bits per heavy atom. The molecule has 2 aromatic carbocycles. The maximum atomic E-state index is 12.7. The molecule has 4 aromatic heterocycles. The molecule has 0 atom stereocenters. The van der Waals surface area contributed by atoms with Crippen LogP contribution in [0, 0.1) is 42.9 Å². The lowest BCUT2D eigenvalue weighted by molar-refractivity contribution is -0.132. The number of carbonyl (C=O) groups is 2. The van der Waals surface area contributed by atoms with Gasteiger partial charge in [0.15, 0.2) is 28.7 Å². The lowest BCUT2D eigenvalue weighted by atomic mass is 9.93. The van der Waals surface area contributed by atoms with E-state index in [1.807, 2.05) is 25.1 Å². The number of alkyl halides is 6. The zero-order valence-corrected chi connectivity index (χ0v) is 34.7. The van der Waals surface area contributed by atoms with Crippen LogP contribution in [-0.4, -0.2) is 94.5 Å². The van der Waals surface area contributed by atoms with Gasteiger partial charge in [-0.3, -0.25) is 13.6 Å². The number of benzene rings is 2. The Morgan fingerprint density at radius 1 is 0.734 bits per heavy atom. The summed E-state index contributed by atoms with van der Waals surface area (Å²) in [6.45, 7) is 4.15. The van der Waals surface area contributed by atoms with E-state index in [0.717, 1.165) is 24.0 Å². The fraction of sp³-hybridized carbons (Fsp3) is 0.333. The van der Waals surface area contributed by atoms with Gasteiger partial charge in [-0.1, -0.05) is 37.0 Å². The zero-order valence-electron chi connectivity index (χ0n) is 34.7. The van der Waals surface area contributed by atoms with Gasteiger partial charge in [0.05, 0.1) is 42.2 Å². The molecule has 7 rings (SSSR count). The molecule has 0 spiro atoms. The van der Waals surface area contributed by atoms with Crippen LogP contribution in [0.25, 0.3) is 33.8 Å². The van der Waals surface area contributed by atoms with E-state index in [0.29, 0.717) is 45.8 Å². The number of aromatic nitrogens is 6. The van der Waals surface area contributed by atoms with E-state index in [-0.39, 0.29) is 52.9 Å². The molecule has 0 bridgehead atoms. The number of fused-ring (bicyclic) bond motifs is 2. The van der Waals surface area contributed by atoms with Crippen LogP contribution in [0.2, 0.25) is 0 Å². The summed E-state index contributed by atoms with van der Waals surface area (Å²) in [4.78, 5) is 41.1. The summed E-state index contributed by atoms with van der Waals surface area (Å²) in [7, 11) is 0. The molecule has 13 nitrogen and oxygen atoms in total. The molecule has 0 aliphatic heterocycles. The first kappa shape index (κ1) is 46.5. The number of hydrogen-bond donors (Lipinski definition) is 5. The molecule has 0 radical (unpaired) electrons. The molecule has 5 N–H and O–H groups in total. The van der Waals surface area contributed by atoms with Crippen molar-refractivity contribution >= 4 is 34.7 Å². The van der Waals surface area contributed by atoms with Crippen LogP contribution in [0.5, 0.6) is 0 Å². The quantitative estimate of drug-likeness (QED) is 0.0458. The maximum absolute atomic E-state index is 12.7. The van der Waals surface area contributed by atoms with Gasteiger partial charge < -0.3 is 26.0 Å². The SMILES string of the molecule is Cc1cc(-c2cnc3c(NCCC(F)(F)F)nc(C#CCO)cn23)ccc1C(=O)CC1(C)CC1.Cc1cc(-c2cnc3c(NCCC(F)(F)F)nc(C#CCO)cn23)ccc1C(=O)O. The number of halogens is 6. The monoisotopic (exact) mass is 888 g/mol. The first-order chi connectivity index (χ1) is 30.3. The predicted molar refractivity (Wildman–Crippen MR) is 226 cm³/mol. The van der Waals surface area contributed by atoms with E-state index in [1.54, 1.807) is 46.4 Å². The largest absolute Gasteiger partial charge is 0.478 e. The molecule has 64 heavy (non-hydrogen) atoms. The average molecular weight is 889 g/mol. The van der Waals surface area contributed by atoms with Crippen molar-refractivity contribution in [2.75, 3.05) is 36.9 Å². The van der Waals surface area contributed by atoms with Crippen LogP contribution in [-0.2, 0) is 0 Å². The number of aryl methyl sites for hydroxylation is 2. The first-order valence-corrected chi connectivity index (χ1v) is 19.8. The van der Waals surface area contributed by atoms with Gasteiger partial charge in [0.25, 0.3) is 0 Å². The van der Waals surface area contributed by atoms with Gasteiger partial charge in [0.2, 0.25) is 0 Å². The summed E-state index contributed by atoms with van der Waals surface area (Å²) in [6, 6.07) is 10.3. The molecule has 6 aromatic rings. The minimum atomic E-state index is -4.32.